The summed E-state index contributed by atoms with van der Waals surface area (Å²) in [5.74, 6) is 0. The number of piperidine rings is 3. The molecule has 6 nitrogen and oxygen atoms in total. The summed E-state index contributed by atoms with van der Waals surface area (Å²) in [5.41, 5.74) is -1.22. The van der Waals surface area contributed by atoms with Crippen LogP contribution in [-0.2, 0) is 6.54 Å². The Balaban J connectivity index is 1.34. The minimum atomic E-state index is -0.650. The van der Waals surface area contributed by atoms with Gasteiger partial charge in [-0.3, -0.25) is 4.90 Å². The first-order chi connectivity index (χ1) is 12.1. The van der Waals surface area contributed by atoms with Crippen molar-refractivity contribution >= 4 is 0 Å². The molecule has 0 spiro atoms. The topological polar surface area (TPSA) is 64.8 Å². The first kappa shape index (κ1) is 17.5. The van der Waals surface area contributed by atoms with Gasteiger partial charge >= 0.3 is 0 Å². The lowest BCUT2D eigenvalue weighted by Crippen LogP contribution is -2.63. The maximum atomic E-state index is 11.4. The lowest BCUT2D eigenvalue weighted by molar-refractivity contribution is -0.120. The molecule has 0 radical (unpaired) electrons. The number of likely N-dealkylation sites (tertiary alicyclic amines) is 1. The lowest BCUT2D eigenvalue weighted by Gasteiger charge is -2.51. The van der Waals surface area contributed by atoms with Crippen LogP contribution in [0.5, 0.6) is 0 Å². The zero-order valence-electron chi connectivity index (χ0n) is 15.2. The predicted octanol–water partition coefficient (Wildman–Crippen LogP) is 1.09. The molecule has 2 N–H and O–H groups in total. The summed E-state index contributed by atoms with van der Waals surface area (Å²) in [4.78, 5) is 8.96. The van der Waals surface area contributed by atoms with E-state index in [1.165, 1.54) is 12.8 Å². The average molecular weight is 348 g/mol. The van der Waals surface area contributed by atoms with Gasteiger partial charge in [0.05, 0.1) is 24.1 Å². The van der Waals surface area contributed by atoms with E-state index in [0.717, 1.165) is 64.8 Å². The number of hydrogen-bond donors (Lipinski definition) is 2. The monoisotopic (exact) mass is 348 g/mol. The molecule has 0 amide bonds. The van der Waals surface area contributed by atoms with E-state index >= 15 is 0 Å². The van der Waals surface area contributed by atoms with Crippen molar-refractivity contribution in [1.82, 2.24) is 19.4 Å². The molecule has 6 heteroatoms. The number of β-amino-alcohol motifs (C(OH)–C–C–N with tert-alkyl or cyclic N) is 1. The van der Waals surface area contributed by atoms with E-state index in [-0.39, 0.29) is 0 Å². The third kappa shape index (κ3) is 3.77. The summed E-state index contributed by atoms with van der Waals surface area (Å²) in [6, 6.07) is 0.335. The molecular weight excluding hydrogens is 316 g/mol. The van der Waals surface area contributed by atoms with Crippen LogP contribution in [0.25, 0.3) is 0 Å². The zero-order chi connectivity index (χ0) is 17.3. The van der Waals surface area contributed by atoms with Crippen molar-refractivity contribution in [2.24, 2.45) is 0 Å². The van der Waals surface area contributed by atoms with Crippen molar-refractivity contribution < 1.29 is 10.2 Å². The van der Waals surface area contributed by atoms with Crippen LogP contribution in [0.15, 0.2) is 18.7 Å². The van der Waals surface area contributed by atoms with Gasteiger partial charge < -0.3 is 19.7 Å². The van der Waals surface area contributed by atoms with E-state index in [9.17, 15) is 10.2 Å². The van der Waals surface area contributed by atoms with E-state index in [1.54, 1.807) is 12.5 Å². The van der Waals surface area contributed by atoms with E-state index in [1.807, 2.05) is 10.8 Å². The molecule has 2 atom stereocenters. The van der Waals surface area contributed by atoms with Crippen molar-refractivity contribution in [2.45, 2.75) is 68.7 Å². The van der Waals surface area contributed by atoms with Crippen molar-refractivity contribution in [3.8, 4) is 0 Å². The second-order valence-corrected chi connectivity index (χ2v) is 8.49. The van der Waals surface area contributed by atoms with Gasteiger partial charge in [-0.2, -0.15) is 0 Å². The third-order valence-corrected chi connectivity index (χ3v) is 6.61. The number of rotatable bonds is 4. The van der Waals surface area contributed by atoms with Crippen LogP contribution >= 0.6 is 0 Å². The van der Waals surface area contributed by atoms with Gasteiger partial charge in [0.15, 0.2) is 0 Å². The molecular formula is C19H32N4O2. The zero-order valence-corrected chi connectivity index (χ0v) is 15.2. The predicted molar refractivity (Wildman–Crippen MR) is 96.2 cm³/mol. The third-order valence-electron chi connectivity index (χ3n) is 6.61. The molecule has 3 aliphatic heterocycles. The van der Waals surface area contributed by atoms with E-state index in [0.29, 0.717) is 12.6 Å². The molecule has 4 rings (SSSR count). The number of hydrogen-bond acceptors (Lipinski definition) is 5. The van der Waals surface area contributed by atoms with E-state index < -0.39 is 11.2 Å². The summed E-state index contributed by atoms with van der Waals surface area (Å²) in [6.45, 7) is 5.40. The van der Waals surface area contributed by atoms with Gasteiger partial charge in [0.2, 0.25) is 0 Å². The molecule has 1 aromatic heterocycles. The standard InChI is InChI=1S/C19H32N4O2/c24-18(14-22-13-8-20-16-22)6-11-21(12-7-18)15-19(25)5-3-10-23-9-2-1-4-17(19)23/h8,13,16-17,24-25H,1-7,9-12,14-15H2/t17-,19-/m1/s1. The Morgan fingerprint density at radius 2 is 1.76 bits per heavy atom. The second kappa shape index (κ2) is 6.99. The largest absolute Gasteiger partial charge is 0.388 e. The number of fused-ring (bicyclic) bond motifs is 1. The summed E-state index contributed by atoms with van der Waals surface area (Å²) >= 11 is 0. The second-order valence-electron chi connectivity index (χ2n) is 8.49. The van der Waals surface area contributed by atoms with Gasteiger partial charge in [-0.15, -0.1) is 0 Å². The Kier molecular flexibility index (Phi) is 4.88. The van der Waals surface area contributed by atoms with Gasteiger partial charge in [0.1, 0.15) is 0 Å². The Morgan fingerprint density at radius 1 is 0.960 bits per heavy atom. The van der Waals surface area contributed by atoms with Gasteiger partial charge in [-0.1, -0.05) is 6.42 Å². The molecule has 3 saturated heterocycles. The molecule has 3 aliphatic rings. The smallest absolute Gasteiger partial charge is 0.0946 e. The Morgan fingerprint density at radius 3 is 2.52 bits per heavy atom. The molecule has 0 aromatic carbocycles. The number of nitrogens with zero attached hydrogens (tertiary/aromatic N) is 4. The fourth-order valence-electron chi connectivity index (χ4n) is 5.20. The van der Waals surface area contributed by atoms with Crippen LogP contribution in [0.3, 0.4) is 0 Å². The van der Waals surface area contributed by atoms with Crippen LogP contribution in [0.2, 0.25) is 0 Å². The Bertz CT molecular complexity index is 554. The minimum absolute atomic E-state index is 0.335. The highest BCUT2D eigenvalue weighted by Crippen LogP contribution is 2.35. The van der Waals surface area contributed by atoms with Gasteiger partial charge in [-0.25, -0.2) is 4.98 Å². The van der Waals surface area contributed by atoms with Gasteiger partial charge in [-0.05, 0) is 51.6 Å². The summed E-state index contributed by atoms with van der Waals surface area (Å²) < 4.78 is 1.96. The van der Waals surface area contributed by atoms with E-state index in [2.05, 4.69) is 14.8 Å². The van der Waals surface area contributed by atoms with Crippen LogP contribution < -0.4 is 0 Å². The van der Waals surface area contributed by atoms with Crippen molar-refractivity contribution in [2.75, 3.05) is 32.7 Å². The molecule has 0 saturated carbocycles. The van der Waals surface area contributed by atoms with Crippen molar-refractivity contribution in [3.63, 3.8) is 0 Å². The van der Waals surface area contributed by atoms with Gasteiger partial charge in [0, 0.05) is 38.1 Å². The molecule has 0 bridgehead atoms. The molecule has 0 aliphatic carbocycles. The number of aromatic nitrogens is 2. The fourth-order valence-corrected chi connectivity index (χ4v) is 5.20. The van der Waals surface area contributed by atoms with Crippen LogP contribution in [0.1, 0.15) is 44.9 Å². The molecule has 1 aromatic rings. The summed E-state index contributed by atoms with van der Waals surface area (Å²) in [6.07, 6.45) is 12.6. The first-order valence-electron chi connectivity index (χ1n) is 9.93. The van der Waals surface area contributed by atoms with Crippen molar-refractivity contribution in [3.05, 3.63) is 18.7 Å². The molecule has 3 fully saturated rings. The average Bonchev–Trinajstić information content (AvgIpc) is 3.10. The molecule has 0 unspecified atom stereocenters. The van der Waals surface area contributed by atoms with E-state index in [4.69, 9.17) is 0 Å². The molecule has 25 heavy (non-hydrogen) atoms. The number of imidazole rings is 1. The van der Waals surface area contributed by atoms with Gasteiger partial charge in [0.25, 0.3) is 0 Å². The quantitative estimate of drug-likeness (QED) is 0.853. The number of aliphatic hydroxyl groups is 2. The highest BCUT2D eigenvalue weighted by atomic mass is 16.3. The fraction of sp³-hybridized carbons (Fsp3) is 0.842. The Hall–Kier alpha value is -0.950. The van der Waals surface area contributed by atoms with Crippen molar-refractivity contribution in [1.29, 1.82) is 0 Å². The summed E-state index contributed by atoms with van der Waals surface area (Å²) in [5, 5.41) is 22.3. The minimum Gasteiger partial charge on any atom is -0.388 e. The Labute approximate surface area is 150 Å². The lowest BCUT2D eigenvalue weighted by atomic mass is 9.78. The van der Waals surface area contributed by atoms with Crippen LogP contribution in [0.4, 0.5) is 0 Å². The SMILES string of the molecule is OC1(Cn2ccnc2)CCN(C[C@]2(O)CCCN3CCCC[C@@H]32)CC1. The van der Waals surface area contributed by atoms with Crippen LogP contribution in [0, 0.1) is 0 Å². The highest BCUT2D eigenvalue weighted by molar-refractivity contribution is 5.01. The highest BCUT2D eigenvalue weighted by Gasteiger charge is 2.45. The maximum Gasteiger partial charge on any atom is 0.0946 e. The molecule has 4 heterocycles. The maximum absolute atomic E-state index is 11.4. The summed E-state index contributed by atoms with van der Waals surface area (Å²) in [7, 11) is 0. The first-order valence-corrected chi connectivity index (χ1v) is 9.93. The molecule has 140 valence electrons. The van der Waals surface area contributed by atoms with Crippen LogP contribution in [-0.4, -0.2) is 79.5 Å². The normalized spacial score (nSPS) is 33.9.